The summed E-state index contributed by atoms with van der Waals surface area (Å²) in [6.07, 6.45) is 1.67. The Kier molecular flexibility index (Phi) is 9.11. The van der Waals surface area contributed by atoms with Gasteiger partial charge in [0.25, 0.3) is 0 Å². The topological polar surface area (TPSA) is 138 Å². The van der Waals surface area contributed by atoms with E-state index < -0.39 is 11.6 Å². The van der Waals surface area contributed by atoms with Gasteiger partial charge in [-0.1, -0.05) is 27.7 Å². The first-order chi connectivity index (χ1) is 13.4. The number of nitrogens with two attached hydrogens (primary N) is 2. The largest absolute Gasteiger partial charge is 0.383 e. The van der Waals surface area contributed by atoms with Crippen molar-refractivity contribution >= 4 is 35.0 Å². The number of aromatic nitrogens is 1. The third-order valence-electron chi connectivity index (χ3n) is 3.94. The molecule has 0 unspecified atom stereocenters. The van der Waals surface area contributed by atoms with Crippen molar-refractivity contribution in [2.24, 2.45) is 10.9 Å². The second kappa shape index (κ2) is 10.6. The van der Waals surface area contributed by atoms with Crippen molar-refractivity contribution in [2.45, 2.75) is 63.2 Å². The van der Waals surface area contributed by atoms with Crippen LogP contribution in [0.2, 0.25) is 0 Å². The molecule has 2 aromatic rings. The number of anilines is 1. The number of benzene rings is 1. The number of amides is 2. The average Bonchev–Trinajstić information content (AvgIpc) is 3.11. The van der Waals surface area contributed by atoms with Gasteiger partial charge in [-0.15, -0.1) is 11.3 Å². The van der Waals surface area contributed by atoms with Crippen molar-refractivity contribution in [2.75, 3.05) is 5.32 Å². The van der Waals surface area contributed by atoms with E-state index in [1.54, 1.807) is 20.0 Å². The monoisotopic (exact) mass is 435 g/mol. The van der Waals surface area contributed by atoms with E-state index in [9.17, 15) is 9.90 Å². The Hall–Kier alpha value is -2.12. The standard InChI is InChI=1S/C14H19N3O.C6H10N2OS2/c1-8(2)11-5-10(7-15)6-12(9(3)4)13(11)17-14(16)18;1-6(2,9)5-8-3-4(10-5)11-7/h5-6,8-9H,1-4H3,(H3,16,17,18);3,9H,7H2,1-2H3. The average molecular weight is 436 g/mol. The van der Waals surface area contributed by atoms with Gasteiger partial charge in [0.05, 0.1) is 22.0 Å². The zero-order valence-corrected chi connectivity index (χ0v) is 19.2. The van der Waals surface area contributed by atoms with E-state index in [4.69, 9.17) is 16.1 Å². The van der Waals surface area contributed by atoms with Gasteiger partial charge in [0.2, 0.25) is 0 Å². The van der Waals surface area contributed by atoms with Gasteiger partial charge >= 0.3 is 6.03 Å². The highest BCUT2D eigenvalue weighted by molar-refractivity contribution is 7.99. The summed E-state index contributed by atoms with van der Waals surface area (Å²) in [7, 11) is 0. The molecule has 29 heavy (non-hydrogen) atoms. The smallest absolute Gasteiger partial charge is 0.316 e. The van der Waals surface area contributed by atoms with E-state index in [0.29, 0.717) is 10.6 Å². The Morgan fingerprint density at radius 2 is 1.79 bits per heavy atom. The predicted octanol–water partition coefficient (Wildman–Crippen LogP) is 4.63. The van der Waals surface area contributed by atoms with Gasteiger partial charge in [0.15, 0.2) is 0 Å². The van der Waals surface area contributed by atoms with E-state index in [2.05, 4.69) is 16.4 Å². The molecule has 0 radical (unpaired) electrons. The number of rotatable bonds is 5. The molecule has 0 atom stereocenters. The number of hydrogen-bond acceptors (Lipinski definition) is 7. The fourth-order valence-corrected chi connectivity index (χ4v) is 3.72. The number of carbonyl (C=O) groups excluding carboxylic acids is 1. The van der Waals surface area contributed by atoms with Crippen LogP contribution < -0.4 is 16.2 Å². The number of nitrogens with one attached hydrogen (secondary N) is 1. The van der Waals surface area contributed by atoms with Crippen molar-refractivity contribution < 1.29 is 9.90 Å². The SMILES string of the molecule is CC(C)(O)c1ncc(SN)s1.CC(C)c1cc(C#N)cc(C(C)C)c1NC(N)=O. The molecule has 2 rings (SSSR count). The van der Waals surface area contributed by atoms with Crippen molar-refractivity contribution in [1.82, 2.24) is 4.98 Å². The highest BCUT2D eigenvalue weighted by atomic mass is 32.2. The second-order valence-electron chi connectivity index (χ2n) is 7.60. The van der Waals surface area contributed by atoms with Crippen molar-refractivity contribution in [3.05, 3.63) is 40.0 Å². The Balaban J connectivity index is 0.000000326. The molecule has 0 spiro atoms. The summed E-state index contributed by atoms with van der Waals surface area (Å²) in [5.41, 5.74) is 7.60. The molecule has 158 valence electrons. The van der Waals surface area contributed by atoms with Crippen LogP contribution in [0.25, 0.3) is 0 Å². The maximum absolute atomic E-state index is 11.1. The quantitative estimate of drug-likeness (QED) is 0.505. The molecule has 0 bridgehead atoms. The maximum Gasteiger partial charge on any atom is 0.316 e. The fourth-order valence-electron chi connectivity index (χ4n) is 2.53. The molecule has 0 saturated carbocycles. The van der Waals surface area contributed by atoms with Crippen LogP contribution in [0.15, 0.2) is 22.5 Å². The van der Waals surface area contributed by atoms with E-state index >= 15 is 0 Å². The van der Waals surface area contributed by atoms with Crippen LogP contribution in [0.5, 0.6) is 0 Å². The summed E-state index contributed by atoms with van der Waals surface area (Å²) >= 11 is 2.57. The lowest BCUT2D eigenvalue weighted by molar-refractivity contribution is 0.0783. The summed E-state index contributed by atoms with van der Waals surface area (Å²) in [6.45, 7) is 11.5. The number of nitrogens with zero attached hydrogens (tertiary/aromatic N) is 2. The van der Waals surface area contributed by atoms with Crippen LogP contribution in [0, 0.1) is 11.3 Å². The second-order valence-corrected chi connectivity index (χ2v) is 9.57. The molecule has 6 N–H and O–H groups in total. The summed E-state index contributed by atoms with van der Waals surface area (Å²) in [5.74, 6) is 0.412. The van der Waals surface area contributed by atoms with Crippen LogP contribution in [0.4, 0.5) is 10.5 Å². The van der Waals surface area contributed by atoms with Crippen LogP contribution in [-0.4, -0.2) is 16.1 Å². The van der Waals surface area contributed by atoms with Crippen LogP contribution >= 0.6 is 23.3 Å². The number of nitriles is 1. The lowest BCUT2D eigenvalue weighted by Crippen LogP contribution is -2.22. The Morgan fingerprint density at radius 1 is 1.28 bits per heavy atom. The number of hydrogen-bond donors (Lipinski definition) is 4. The predicted molar refractivity (Wildman–Crippen MR) is 120 cm³/mol. The van der Waals surface area contributed by atoms with Gasteiger partial charge in [-0.05, 0) is 60.9 Å². The number of thiazole rings is 1. The zero-order chi connectivity index (χ0) is 22.4. The van der Waals surface area contributed by atoms with Gasteiger partial charge < -0.3 is 16.2 Å². The van der Waals surface area contributed by atoms with E-state index in [1.165, 1.54) is 11.3 Å². The number of primary amides is 1. The van der Waals surface area contributed by atoms with Gasteiger partial charge in [-0.3, -0.25) is 5.14 Å². The van der Waals surface area contributed by atoms with E-state index in [-0.39, 0.29) is 11.8 Å². The minimum Gasteiger partial charge on any atom is -0.383 e. The summed E-state index contributed by atoms with van der Waals surface area (Å²) in [6, 6.07) is 5.19. The highest BCUT2D eigenvalue weighted by Gasteiger charge is 2.20. The van der Waals surface area contributed by atoms with Crippen LogP contribution in [0.3, 0.4) is 0 Å². The Bertz CT molecular complexity index is 851. The zero-order valence-electron chi connectivity index (χ0n) is 17.6. The van der Waals surface area contributed by atoms with Gasteiger partial charge in [-0.25, -0.2) is 9.78 Å². The van der Waals surface area contributed by atoms with Crippen LogP contribution in [-0.2, 0) is 5.60 Å². The first-order valence-electron chi connectivity index (χ1n) is 9.10. The van der Waals surface area contributed by atoms with Crippen molar-refractivity contribution in [1.29, 1.82) is 5.26 Å². The number of urea groups is 1. The van der Waals surface area contributed by atoms with Gasteiger partial charge in [0.1, 0.15) is 10.6 Å². The lowest BCUT2D eigenvalue weighted by atomic mass is 9.90. The molecule has 1 aromatic carbocycles. The van der Waals surface area contributed by atoms with E-state index in [1.807, 2.05) is 39.8 Å². The molecule has 9 heteroatoms. The molecule has 0 fully saturated rings. The Morgan fingerprint density at radius 3 is 2.07 bits per heavy atom. The molecular weight excluding hydrogens is 406 g/mol. The lowest BCUT2D eigenvalue weighted by Gasteiger charge is -2.20. The fraction of sp³-hybridized carbons (Fsp3) is 0.450. The van der Waals surface area contributed by atoms with Crippen molar-refractivity contribution in [3.8, 4) is 6.07 Å². The minimum atomic E-state index is -0.849. The highest BCUT2D eigenvalue weighted by Crippen LogP contribution is 2.33. The third kappa shape index (κ3) is 7.33. The summed E-state index contributed by atoms with van der Waals surface area (Å²) in [5, 5.41) is 27.3. The Labute approximate surface area is 180 Å². The number of aliphatic hydroxyl groups is 1. The number of carbonyl (C=O) groups is 1. The minimum absolute atomic E-state index is 0.206. The normalized spacial score (nSPS) is 11.1. The van der Waals surface area contributed by atoms with Crippen molar-refractivity contribution in [3.63, 3.8) is 0 Å². The molecular formula is C20H29N5O2S2. The molecule has 0 aliphatic heterocycles. The molecule has 1 heterocycles. The molecule has 0 aliphatic rings. The molecule has 0 aliphatic carbocycles. The van der Waals surface area contributed by atoms with Gasteiger partial charge in [-0.2, -0.15) is 5.26 Å². The van der Waals surface area contributed by atoms with E-state index in [0.717, 1.165) is 33.0 Å². The molecule has 0 saturated heterocycles. The third-order valence-corrected chi connectivity index (χ3v) is 5.93. The first-order valence-corrected chi connectivity index (χ1v) is 10.8. The van der Waals surface area contributed by atoms with Crippen LogP contribution in [0.1, 0.15) is 75.1 Å². The molecule has 2 amide bonds. The summed E-state index contributed by atoms with van der Waals surface area (Å²) < 4.78 is 0.919. The molecule has 7 nitrogen and oxygen atoms in total. The van der Waals surface area contributed by atoms with Gasteiger partial charge in [0, 0.05) is 5.69 Å². The summed E-state index contributed by atoms with van der Waals surface area (Å²) in [4.78, 5) is 15.1. The maximum atomic E-state index is 11.1. The first kappa shape index (κ1) is 24.9. The molecule has 1 aromatic heterocycles.